The van der Waals surface area contributed by atoms with Gasteiger partial charge in [0.1, 0.15) is 5.75 Å². The molecule has 114 valence electrons. The molecular formula is C13H16ClN3O4. The van der Waals surface area contributed by atoms with E-state index in [-0.39, 0.29) is 12.6 Å². The maximum absolute atomic E-state index is 11.4. The van der Waals surface area contributed by atoms with Gasteiger partial charge < -0.3 is 10.1 Å². The van der Waals surface area contributed by atoms with Gasteiger partial charge in [0.2, 0.25) is 0 Å². The molecule has 0 aliphatic rings. The summed E-state index contributed by atoms with van der Waals surface area (Å²) in [6.07, 6.45) is 0. The maximum Gasteiger partial charge on any atom is 0.327 e. The number of ether oxygens (including phenoxy) is 1. The quantitative estimate of drug-likeness (QED) is 0.553. The highest BCUT2D eigenvalue weighted by Gasteiger charge is 2.14. The smallest absolute Gasteiger partial charge is 0.327 e. The number of carbonyl (C=O) groups is 3. The number of rotatable bonds is 4. The lowest BCUT2D eigenvalue weighted by molar-refractivity contribution is -0.141. The van der Waals surface area contributed by atoms with Crippen LogP contribution in [0.4, 0.5) is 0 Å². The highest BCUT2D eigenvalue weighted by Crippen LogP contribution is 2.16. The number of hydrogen-bond donors (Lipinski definition) is 3. The van der Waals surface area contributed by atoms with Crippen molar-refractivity contribution in [1.82, 2.24) is 16.2 Å². The molecule has 0 heterocycles. The fourth-order valence-corrected chi connectivity index (χ4v) is 1.43. The molecule has 1 aromatic rings. The van der Waals surface area contributed by atoms with Crippen molar-refractivity contribution < 1.29 is 19.1 Å². The summed E-state index contributed by atoms with van der Waals surface area (Å²) in [5.41, 5.74) is 4.04. The fraction of sp³-hybridized carbons (Fsp3) is 0.308. The SMILES string of the molecule is CC(C)NC(=O)C(=O)NNC(=O)COc1cccc(Cl)c1. The van der Waals surface area contributed by atoms with Gasteiger partial charge >= 0.3 is 11.8 Å². The highest BCUT2D eigenvalue weighted by atomic mass is 35.5. The number of hydrogen-bond acceptors (Lipinski definition) is 4. The summed E-state index contributed by atoms with van der Waals surface area (Å²) in [4.78, 5) is 34.0. The van der Waals surface area contributed by atoms with Crippen molar-refractivity contribution in [2.75, 3.05) is 6.61 Å². The van der Waals surface area contributed by atoms with E-state index in [0.717, 1.165) is 0 Å². The monoisotopic (exact) mass is 313 g/mol. The summed E-state index contributed by atoms with van der Waals surface area (Å²) >= 11 is 5.76. The molecule has 0 atom stereocenters. The number of nitrogens with one attached hydrogen (secondary N) is 3. The van der Waals surface area contributed by atoms with Gasteiger partial charge in [0.25, 0.3) is 5.91 Å². The van der Waals surface area contributed by atoms with Gasteiger partial charge in [-0.3, -0.25) is 25.2 Å². The third kappa shape index (κ3) is 6.62. The molecule has 0 radical (unpaired) electrons. The molecule has 0 saturated heterocycles. The zero-order valence-corrected chi connectivity index (χ0v) is 12.4. The molecule has 3 amide bonds. The summed E-state index contributed by atoms with van der Waals surface area (Å²) in [7, 11) is 0. The molecule has 0 fully saturated rings. The zero-order valence-electron chi connectivity index (χ0n) is 11.6. The Hall–Kier alpha value is -2.28. The summed E-state index contributed by atoms with van der Waals surface area (Å²) < 4.78 is 5.16. The molecule has 0 aromatic heterocycles. The third-order valence-electron chi connectivity index (χ3n) is 2.11. The van der Waals surface area contributed by atoms with Crippen LogP contribution >= 0.6 is 11.6 Å². The van der Waals surface area contributed by atoms with Crippen molar-refractivity contribution in [3.8, 4) is 5.75 Å². The van der Waals surface area contributed by atoms with E-state index in [9.17, 15) is 14.4 Å². The standard InChI is InChI=1S/C13H16ClN3O4/c1-8(2)15-12(19)13(20)17-16-11(18)7-21-10-5-3-4-9(14)6-10/h3-6,8H,7H2,1-2H3,(H,15,19)(H,16,18)(H,17,20). The van der Waals surface area contributed by atoms with E-state index in [1.54, 1.807) is 38.1 Å². The number of benzene rings is 1. The van der Waals surface area contributed by atoms with Gasteiger partial charge in [-0.15, -0.1) is 0 Å². The summed E-state index contributed by atoms with van der Waals surface area (Å²) in [6, 6.07) is 6.34. The molecule has 1 rings (SSSR count). The van der Waals surface area contributed by atoms with Gasteiger partial charge in [-0.05, 0) is 32.0 Å². The first kappa shape index (κ1) is 16.8. The van der Waals surface area contributed by atoms with Crippen LogP contribution in [0.25, 0.3) is 0 Å². The molecule has 0 unspecified atom stereocenters. The Bertz CT molecular complexity index is 534. The largest absolute Gasteiger partial charge is 0.484 e. The van der Waals surface area contributed by atoms with E-state index < -0.39 is 17.7 Å². The van der Waals surface area contributed by atoms with Gasteiger partial charge in [-0.2, -0.15) is 0 Å². The van der Waals surface area contributed by atoms with Crippen molar-refractivity contribution >= 4 is 29.3 Å². The Morgan fingerprint density at radius 2 is 1.90 bits per heavy atom. The lowest BCUT2D eigenvalue weighted by Gasteiger charge is -2.10. The van der Waals surface area contributed by atoms with E-state index >= 15 is 0 Å². The Morgan fingerprint density at radius 1 is 1.19 bits per heavy atom. The minimum absolute atomic E-state index is 0.176. The van der Waals surface area contributed by atoms with Crippen molar-refractivity contribution in [3.05, 3.63) is 29.3 Å². The minimum Gasteiger partial charge on any atom is -0.484 e. The summed E-state index contributed by atoms with van der Waals surface area (Å²) in [5, 5.41) is 2.86. The Kier molecular flexibility index (Phi) is 6.48. The molecule has 8 heteroatoms. The van der Waals surface area contributed by atoms with Crippen molar-refractivity contribution in [1.29, 1.82) is 0 Å². The zero-order chi connectivity index (χ0) is 15.8. The predicted octanol–water partition coefficient (Wildman–Crippen LogP) is 0.391. The lowest BCUT2D eigenvalue weighted by Crippen LogP contribution is -2.50. The molecule has 0 aliphatic carbocycles. The number of carbonyl (C=O) groups excluding carboxylic acids is 3. The van der Waals surface area contributed by atoms with Crippen LogP contribution in [0.2, 0.25) is 5.02 Å². The first-order chi connectivity index (χ1) is 9.88. The average Bonchev–Trinajstić information content (AvgIpc) is 2.41. The van der Waals surface area contributed by atoms with E-state index in [1.165, 1.54) is 0 Å². The molecular weight excluding hydrogens is 298 g/mol. The van der Waals surface area contributed by atoms with Crippen molar-refractivity contribution in [2.24, 2.45) is 0 Å². The molecule has 0 aliphatic heterocycles. The van der Waals surface area contributed by atoms with Crippen molar-refractivity contribution in [2.45, 2.75) is 19.9 Å². The normalized spacial score (nSPS) is 9.90. The van der Waals surface area contributed by atoms with Crippen LogP contribution < -0.4 is 20.9 Å². The van der Waals surface area contributed by atoms with E-state index in [2.05, 4.69) is 10.7 Å². The molecule has 0 bridgehead atoms. The van der Waals surface area contributed by atoms with Gasteiger partial charge in [0.15, 0.2) is 6.61 Å². The molecule has 1 aromatic carbocycles. The Labute approximate surface area is 127 Å². The van der Waals surface area contributed by atoms with Crippen LogP contribution in [0.15, 0.2) is 24.3 Å². The molecule has 3 N–H and O–H groups in total. The number of amides is 3. The Morgan fingerprint density at radius 3 is 2.52 bits per heavy atom. The van der Waals surface area contributed by atoms with Crippen LogP contribution in [0.1, 0.15) is 13.8 Å². The van der Waals surface area contributed by atoms with Gasteiger partial charge in [0, 0.05) is 11.1 Å². The highest BCUT2D eigenvalue weighted by molar-refractivity contribution is 6.35. The molecule has 0 saturated carbocycles. The van der Waals surface area contributed by atoms with Crippen LogP contribution in [-0.2, 0) is 14.4 Å². The average molecular weight is 314 g/mol. The number of halogens is 1. The maximum atomic E-state index is 11.4. The molecule has 0 spiro atoms. The Balaban J connectivity index is 2.31. The lowest BCUT2D eigenvalue weighted by atomic mass is 10.3. The second kappa shape index (κ2) is 8.11. The first-order valence-electron chi connectivity index (χ1n) is 6.16. The van der Waals surface area contributed by atoms with E-state index in [1.807, 2.05) is 5.43 Å². The minimum atomic E-state index is -0.959. The van der Waals surface area contributed by atoms with Gasteiger partial charge in [-0.25, -0.2) is 0 Å². The molecule has 7 nitrogen and oxygen atoms in total. The van der Waals surface area contributed by atoms with Crippen molar-refractivity contribution in [3.63, 3.8) is 0 Å². The first-order valence-corrected chi connectivity index (χ1v) is 6.54. The second-order valence-corrected chi connectivity index (χ2v) is 4.81. The third-order valence-corrected chi connectivity index (χ3v) is 2.34. The van der Waals surface area contributed by atoms with Gasteiger partial charge in [-0.1, -0.05) is 17.7 Å². The molecule has 21 heavy (non-hydrogen) atoms. The van der Waals surface area contributed by atoms with Crippen LogP contribution in [0, 0.1) is 0 Å². The summed E-state index contributed by atoms with van der Waals surface area (Å²) in [5.74, 6) is -1.98. The fourth-order valence-electron chi connectivity index (χ4n) is 1.25. The van der Waals surface area contributed by atoms with Crippen LogP contribution in [-0.4, -0.2) is 30.4 Å². The second-order valence-electron chi connectivity index (χ2n) is 4.38. The van der Waals surface area contributed by atoms with Crippen LogP contribution in [0.5, 0.6) is 5.75 Å². The van der Waals surface area contributed by atoms with E-state index in [4.69, 9.17) is 16.3 Å². The van der Waals surface area contributed by atoms with E-state index in [0.29, 0.717) is 10.8 Å². The van der Waals surface area contributed by atoms with Gasteiger partial charge in [0.05, 0.1) is 0 Å². The van der Waals surface area contributed by atoms with Crippen LogP contribution in [0.3, 0.4) is 0 Å². The number of hydrazine groups is 1. The topological polar surface area (TPSA) is 96.5 Å². The predicted molar refractivity (Wildman–Crippen MR) is 76.5 cm³/mol. The summed E-state index contributed by atoms with van der Waals surface area (Å²) in [6.45, 7) is 3.09.